The molecule has 0 N–H and O–H groups in total. The highest BCUT2D eigenvalue weighted by atomic mass is 127. The molecule has 0 amide bonds. The van der Waals surface area contributed by atoms with Gasteiger partial charge in [0.1, 0.15) is 0 Å². The molecule has 3 atom stereocenters. The molecule has 0 aromatic carbocycles. The van der Waals surface area contributed by atoms with Crippen molar-refractivity contribution in [2.45, 2.75) is 53.8 Å². The molecule has 0 saturated carbocycles. The molecule has 0 fully saturated rings. The van der Waals surface area contributed by atoms with E-state index in [2.05, 4.69) is 0 Å². The smallest absolute Gasteiger partial charge is 0.236 e. The van der Waals surface area contributed by atoms with Crippen LogP contribution in [0.2, 0.25) is 0 Å². The minimum atomic E-state index is -6.71. The summed E-state index contributed by atoms with van der Waals surface area (Å²) >= 11 is 0.655. The predicted octanol–water partition coefficient (Wildman–Crippen LogP) is 6.24. The largest absolute Gasteiger partial charge is 0.431 e. The van der Waals surface area contributed by atoms with E-state index in [1.807, 2.05) is 0 Å². The zero-order chi connectivity index (χ0) is 19.1. The third-order valence-electron chi connectivity index (χ3n) is 3.07. The number of rotatable bonds is 5. The Morgan fingerprint density at radius 2 is 1.09 bits per heavy atom. The van der Waals surface area contributed by atoms with Crippen LogP contribution in [-0.4, -0.2) is 34.0 Å². The van der Waals surface area contributed by atoms with Gasteiger partial charge >= 0.3 is 24.2 Å². The summed E-state index contributed by atoms with van der Waals surface area (Å²) in [6.45, 7) is -0.340. The molecular weight excluding hydrogens is 475 g/mol. The molecule has 0 radical (unpaired) electrons. The lowest BCUT2D eigenvalue weighted by atomic mass is 9.78. The fourth-order valence-electron chi connectivity index (χ4n) is 1.80. The van der Waals surface area contributed by atoms with Crippen molar-refractivity contribution >= 4 is 22.6 Å². The fraction of sp³-hybridized carbons (Fsp3) is 1.00. The Bertz CT molecular complexity index is 376. The Hall–Kier alpha value is -0.110. The Labute approximate surface area is 135 Å². The van der Waals surface area contributed by atoms with E-state index in [0.717, 1.165) is 0 Å². The zero-order valence-corrected chi connectivity index (χ0v) is 13.1. The average molecular weight is 484 g/mol. The van der Waals surface area contributed by atoms with Crippen molar-refractivity contribution in [2.75, 3.05) is 0 Å². The van der Waals surface area contributed by atoms with Crippen LogP contribution in [0.4, 0.5) is 52.7 Å². The number of halogens is 13. The van der Waals surface area contributed by atoms with Crippen molar-refractivity contribution in [3.63, 3.8) is 0 Å². The zero-order valence-electron chi connectivity index (χ0n) is 11.0. The van der Waals surface area contributed by atoms with Crippen LogP contribution in [0.3, 0.4) is 0 Å². The topological polar surface area (TPSA) is 0 Å². The number of hydrogen-bond donors (Lipinski definition) is 0. The van der Waals surface area contributed by atoms with Crippen molar-refractivity contribution in [2.24, 2.45) is 5.92 Å². The van der Waals surface area contributed by atoms with E-state index in [0.29, 0.717) is 22.6 Å². The predicted molar refractivity (Wildman–Crippen MR) is 63.2 cm³/mol. The monoisotopic (exact) mass is 484 g/mol. The Morgan fingerprint density at radius 1 is 0.739 bits per heavy atom. The van der Waals surface area contributed by atoms with Crippen LogP contribution < -0.4 is 0 Å². The van der Waals surface area contributed by atoms with Crippen molar-refractivity contribution in [1.82, 2.24) is 0 Å². The molecule has 0 aliphatic rings. The Morgan fingerprint density at radius 3 is 1.30 bits per heavy atom. The first-order valence-electron chi connectivity index (χ1n) is 5.63. The van der Waals surface area contributed by atoms with Gasteiger partial charge in [-0.05, 0) is 42.4 Å². The molecule has 0 aliphatic heterocycles. The van der Waals surface area contributed by atoms with Gasteiger partial charge in [0.05, 0.1) is 0 Å². The molecule has 0 nitrogen and oxygen atoms in total. The molecule has 0 aromatic rings. The van der Waals surface area contributed by atoms with E-state index in [1.54, 1.807) is 0 Å². The maximum absolute atomic E-state index is 13.8. The number of hydrogen-bond acceptors (Lipinski definition) is 0. The van der Waals surface area contributed by atoms with Crippen molar-refractivity contribution < 1.29 is 52.7 Å². The molecule has 0 heterocycles. The molecule has 140 valence electrons. The van der Waals surface area contributed by atoms with Gasteiger partial charge in [0, 0.05) is 5.92 Å². The molecule has 23 heavy (non-hydrogen) atoms. The molecule has 0 rings (SSSR count). The molecule has 0 aliphatic carbocycles. The molecule has 0 saturated heterocycles. The van der Waals surface area contributed by atoms with E-state index in [9.17, 15) is 52.7 Å². The quantitative estimate of drug-likeness (QED) is 0.247. The second-order valence-electron chi connectivity index (χ2n) is 4.93. The van der Waals surface area contributed by atoms with Gasteiger partial charge in [0.2, 0.25) is 5.67 Å². The van der Waals surface area contributed by atoms with E-state index in [1.165, 1.54) is 0 Å². The highest BCUT2D eigenvalue weighted by Gasteiger charge is 2.76. The first-order valence-corrected chi connectivity index (χ1v) is 6.88. The minimum absolute atomic E-state index is 0.340. The van der Waals surface area contributed by atoms with Crippen molar-refractivity contribution in [1.29, 1.82) is 0 Å². The van der Waals surface area contributed by atoms with E-state index >= 15 is 0 Å². The average Bonchev–Trinajstić information content (AvgIpc) is 2.20. The van der Waals surface area contributed by atoms with Gasteiger partial charge in [-0.2, -0.15) is 39.5 Å². The fourth-order valence-corrected chi connectivity index (χ4v) is 2.42. The van der Waals surface area contributed by atoms with E-state index in [-0.39, 0.29) is 6.92 Å². The third-order valence-corrected chi connectivity index (χ3v) is 3.58. The summed E-state index contributed by atoms with van der Waals surface area (Å²) in [5.74, 6) is -3.66. The van der Waals surface area contributed by atoms with Gasteiger partial charge in [0.25, 0.3) is 0 Å². The van der Waals surface area contributed by atoms with Crippen LogP contribution in [-0.2, 0) is 0 Å². The van der Waals surface area contributed by atoms with E-state index < -0.39 is 52.8 Å². The van der Waals surface area contributed by atoms with Gasteiger partial charge in [-0.1, -0.05) is 0 Å². The maximum atomic E-state index is 13.8. The summed E-state index contributed by atoms with van der Waals surface area (Å²) in [6.07, 6.45) is -23.7. The van der Waals surface area contributed by atoms with Crippen molar-refractivity contribution in [3.8, 4) is 0 Å². The summed E-state index contributed by atoms with van der Waals surface area (Å²) in [6, 6.07) is 0. The third kappa shape index (κ3) is 4.94. The lowest BCUT2D eigenvalue weighted by molar-refractivity contribution is -0.363. The van der Waals surface area contributed by atoms with Crippen LogP contribution in [0.15, 0.2) is 0 Å². The minimum Gasteiger partial charge on any atom is -0.236 e. The van der Waals surface area contributed by atoms with E-state index in [4.69, 9.17) is 0 Å². The Balaban J connectivity index is 6.05. The van der Waals surface area contributed by atoms with Gasteiger partial charge in [0.15, 0.2) is 4.18 Å². The normalized spacial score (nSPS) is 20.1. The van der Waals surface area contributed by atoms with Crippen molar-refractivity contribution in [3.05, 3.63) is 0 Å². The number of alkyl halides is 13. The molecular formula is C10H9F12I. The molecule has 3 unspecified atom stereocenters. The highest BCUT2D eigenvalue weighted by Crippen LogP contribution is 2.55. The van der Waals surface area contributed by atoms with Crippen LogP contribution >= 0.6 is 22.6 Å². The summed E-state index contributed by atoms with van der Waals surface area (Å²) < 4.78 is 150. The summed E-state index contributed by atoms with van der Waals surface area (Å²) in [5, 5.41) is 0. The first-order chi connectivity index (χ1) is 9.77. The Kier molecular flexibility index (Phi) is 6.62. The SMILES string of the molecule is CC(F)(CC(CC(F)I)C(F)(C(F)(F)F)C(F)(F)F)C(F)(F)F. The molecule has 0 bridgehead atoms. The van der Waals surface area contributed by atoms with Gasteiger partial charge in [-0.15, -0.1) is 0 Å². The van der Waals surface area contributed by atoms with Gasteiger partial charge < -0.3 is 0 Å². The molecule has 0 aromatic heterocycles. The molecule has 0 spiro atoms. The van der Waals surface area contributed by atoms with Crippen LogP contribution in [0.1, 0.15) is 19.8 Å². The van der Waals surface area contributed by atoms with Gasteiger partial charge in [-0.25, -0.2) is 13.2 Å². The first kappa shape index (κ1) is 22.9. The van der Waals surface area contributed by atoms with Gasteiger partial charge in [-0.3, -0.25) is 0 Å². The van der Waals surface area contributed by atoms with Crippen LogP contribution in [0, 0.1) is 5.92 Å². The maximum Gasteiger partial charge on any atom is 0.431 e. The standard InChI is InChI=1S/C10H9F12I/c1-6(12,8(14,15)16)3-4(2-5(11)23)7(13,9(17,18)19)10(20,21)22/h4-5H,2-3H2,1H3. The lowest BCUT2D eigenvalue weighted by Gasteiger charge is -2.39. The summed E-state index contributed by atoms with van der Waals surface area (Å²) in [5.41, 5.74) is -10.8. The second kappa shape index (κ2) is 6.65. The van der Waals surface area contributed by atoms with Crippen LogP contribution in [0.25, 0.3) is 0 Å². The second-order valence-corrected chi connectivity index (χ2v) is 6.28. The summed E-state index contributed by atoms with van der Waals surface area (Å²) in [4.78, 5) is 0. The lowest BCUT2D eigenvalue weighted by Crippen LogP contribution is -2.60. The van der Waals surface area contributed by atoms with Crippen LogP contribution in [0.5, 0.6) is 0 Å². The summed E-state index contributed by atoms with van der Waals surface area (Å²) in [7, 11) is 0. The molecule has 13 heteroatoms. The highest BCUT2D eigenvalue weighted by molar-refractivity contribution is 14.1.